The number of H-pyrrole nitrogens is 1. The van der Waals surface area contributed by atoms with Crippen molar-refractivity contribution in [1.82, 2.24) is 4.98 Å². The lowest BCUT2D eigenvalue weighted by Gasteiger charge is -2.43. The number of ether oxygens (including phenoxy) is 1. The van der Waals surface area contributed by atoms with E-state index in [1.54, 1.807) is 18.2 Å². The molecule has 52 heavy (non-hydrogen) atoms. The lowest BCUT2D eigenvalue weighted by molar-refractivity contribution is -0.138. The largest absolute Gasteiger partial charge is 0.483 e. The molecule has 2 aliphatic heterocycles. The fourth-order valence-corrected chi connectivity index (χ4v) is 11.8. The first kappa shape index (κ1) is 35.0. The van der Waals surface area contributed by atoms with Crippen molar-refractivity contribution >= 4 is 68.1 Å². The maximum atomic E-state index is 14.1. The summed E-state index contributed by atoms with van der Waals surface area (Å²) < 4.78 is 87.9. The number of thioether (sulfide) groups is 1. The van der Waals surface area contributed by atoms with Gasteiger partial charge in [0.1, 0.15) is 5.75 Å². The van der Waals surface area contributed by atoms with Gasteiger partial charge in [0.25, 0.3) is 5.91 Å². The molecule has 1 saturated heterocycles. The number of para-hydroxylation sites is 1. The van der Waals surface area contributed by atoms with E-state index in [2.05, 4.69) is 26.2 Å². The third-order valence-electron chi connectivity index (χ3n) is 10.3. The van der Waals surface area contributed by atoms with Crippen LogP contribution in [0.4, 0.5) is 37.7 Å². The summed E-state index contributed by atoms with van der Waals surface area (Å²) in [6.45, 7) is -0.650. The molecule has 3 aromatic carbocycles. The molecule has 3 heterocycles. The number of thiazole rings is 1. The van der Waals surface area contributed by atoms with Gasteiger partial charge in [0, 0.05) is 26.1 Å². The zero-order valence-electron chi connectivity index (χ0n) is 26.3. The van der Waals surface area contributed by atoms with E-state index in [-0.39, 0.29) is 39.3 Å². The molecule has 3 fully saturated rings. The number of nitrogens with one attached hydrogen (secondary N) is 2. The molecule has 8 nitrogen and oxygen atoms in total. The fourth-order valence-electron chi connectivity index (χ4n) is 8.50. The van der Waals surface area contributed by atoms with Crippen LogP contribution in [0, 0.1) is 29.6 Å². The van der Waals surface area contributed by atoms with Crippen LogP contribution in [0.25, 0.3) is 0 Å². The number of hydrogen-bond acceptors (Lipinski definition) is 7. The summed E-state index contributed by atoms with van der Waals surface area (Å²) in [7, 11) is 0. The second kappa shape index (κ2) is 12.5. The lowest BCUT2D eigenvalue weighted by Crippen LogP contribution is -2.42. The molecule has 2 saturated carbocycles. The van der Waals surface area contributed by atoms with E-state index in [0.29, 0.717) is 26.4 Å². The number of carbonyl (C=O) groups is 3. The quantitative estimate of drug-likeness (QED) is 0.151. The van der Waals surface area contributed by atoms with E-state index < -0.39 is 71.2 Å². The second-order valence-corrected chi connectivity index (χ2v) is 16.2. The van der Waals surface area contributed by atoms with E-state index in [9.17, 15) is 45.5 Å². The molecule has 8 rings (SSSR count). The van der Waals surface area contributed by atoms with Crippen molar-refractivity contribution in [3.63, 3.8) is 0 Å². The number of halogens is 7. The normalized spacial score (nSPS) is 26.3. The van der Waals surface area contributed by atoms with Crippen molar-refractivity contribution in [3.8, 4) is 5.75 Å². The highest BCUT2D eigenvalue weighted by Crippen LogP contribution is 2.69. The number of alkyl halides is 6. The molecule has 2 aliphatic carbocycles. The van der Waals surface area contributed by atoms with Gasteiger partial charge in [-0.3, -0.25) is 24.1 Å². The number of aromatic nitrogens is 1. The summed E-state index contributed by atoms with van der Waals surface area (Å²) in [5, 5.41) is 2.59. The topological polar surface area (TPSA) is 109 Å². The predicted molar refractivity (Wildman–Crippen MR) is 182 cm³/mol. The molecule has 1 aromatic heterocycles. The van der Waals surface area contributed by atoms with Gasteiger partial charge in [-0.05, 0) is 72.7 Å². The lowest BCUT2D eigenvalue weighted by atomic mass is 9.68. The Morgan fingerprint density at radius 3 is 2.38 bits per heavy atom. The molecular formula is C35H24BrF6N3O5S2. The highest BCUT2D eigenvalue weighted by atomic mass is 79.9. The van der Waals surface area contributed by atoms with E-state index in [1.807, 2.05) is 0 Å². The maximum absolute atomic E-state index is 14.1. The molecule has 4 aromatic rings. The number of hydrogen-bond donors (Lipinski definition) is 2. The van der Waals surface area contributed by atoms with E-state index >= 15 is 0 Å². The van der Waals surface area contributed by atoms with E-state index in [1.165, 1.54) is 30.0 Å². The number of amides is 3. The minimum Gasteiger partial charge on any atom is -0.483 e. The van der Waals surface area contributed by atoms with E-state index in [4.69, 9.17) is 4.74 Å². The van der Waals surface area contributed by atoms with Crippen LogP contribution in [0.1, 0.15) is 33.9 Å². The first-order chi connectivity index (χ1) is 24.6. The number of fused-ring (bicyclic) bond motifs is 9. The second-order valence-electron chi connectivity index (χ2n) is 13.1. The summed E-state index contributed by atoms with van der Waals surface area (Å²) in [6.07, 6.45) is -8.88. The van der Waals surface area contributed by atoms with E-state index in [0.717, 1.165) is 46.6 Å². The summed E-state index contributed by atoms with van der Waals surface area (Å²) in [5.74, 6) is -4.89. The zero-order chi connectivity index (χ0) is 36.9. The summed E-state index contributed by atoms with van der Waals surface area (Å²) >= 11 is 5.89. The van der Waals surface area contributed by atoms with Gasteiger partial charge >= 0.3 is 17.2 Å². The average Bonchev–Trinajstić information content (AvgIpc) is 3.82. The van der Waals surface area contributed by atoms with Crippen LogP contribution in [0.15, 0.2) is 81.0 Å². The predicted octanol–water partition coefficient (Wildman–Crippen LogP) is 7.93. The molecule has 7 atom stereocenters. The maximum Gasteiger partial charge on any atom is 0.418 e. The zero-order valence-corrected chi connectivity index (χ0v) is 29.5. The summed E-state index contributed by atoms with van der Waals surface area (Å²) in [4.78, 5) is 57.8. The number of aromatic amines is 1. The van der Waals surface area contributed by atoms with Crippen LogP contribution in [0.3, 0.4) is 0 Å². The minimum atomic E-state index is -4.70. The van der Waals surface area contributed by atoms with Crippen molar-refractivity contribution in [3.05, 3.63) is 102 Å². The number of imide groups is 1. The number of benzene rings is 3. The molecule has 6 unspecified atom stereocenters. The molecule has 0 spiro atoms. The smallest absolute Gasteiger partial charge is 0.418 e. The molecule has 2 bridgehead atoms. The third kappa shape index (κ3) is 5.75. The Kier molecular flexibility index (Phi) is 8.41. The molecule has 4 aliphatic rings. The van der Waals surface area contributed by atoms with Crippen LogP contribution in [-0.2, 0) is 26.7 Å². The van der Waals surface area contributed by atoms with Crippen LogP contribution in [0.5, 0.6) is 5.75 Å². The van der Waals surface area contributed by atoms with Gasteiger partial charge in [-0.15, -0.1) is 11.8 Å². The molecule has 270 valence electrons. The fraction of sp³-hybridized carbons (Fsp3) is 0.314. The number of anilines is 2. The van der Waals surface area contributed by atoms with Crippen molar-refractivity contribution in [2.75, 3.05) is 16.8 Å². The first-order valence-corrected chi connectivity index (χ1v) is 18.4. The molecule has 0 radical (unpaired) electrons. The summed E-state index contributed by atoms with van der Waals surface area (Å²) in [5.41, 5.74) is -2.02. The van der Waals surface area contributed by atoms with Crippen LogP contribution >= 0.6 is 39.0 Å². The van der Waals surface area contributed by atoms with Crippen molar-refractivity contribution in [1.29, 1.82) is 0 Å². The average molecular weight is 825 g/mol. The van der Waals surface area contributed by atoms with Gasteiger partial charge < -0.3 is 15.0 Å². The SMILES string of the molecule is O=C(COc1ccc(Br)cc1[C@H]1c2sc(=O)[nH]c2SC2C3CC(C4C(=O)N(c5cccc(C(F)(F)F)c5)C(=O)C34)C21)Nc1ccccc1C(F)(F)F. The highest BCUT2D eigenvalue weighted by Gasteiger charge is 2.70. The Bertz CT molecular complexity index is 2210. The van der Waals surface area contributed by atoms with Gasteiger partial charge in [0.2, 0.25) is 11.8 Å². The number of nitrogens with zero attached hydrogens (tertiary/aromatic N) is 1. The Hall–Kier alpha value is -4.09. The number of rotatable bonds is 6. The van der Waals surface area contributed by atoms with Gasteiger partial charge in [0.05, 0.1) is 39.4 Å². The third-order valence-corrected chi connectivity index (χ3v) is 13.4. The summed E-state index contributed by atoms with van der Waals surface area (Å²) in [6, 6.07) is 13.7. The highest BCUT2D eigenvalue weighted by molar-refractivity contribution is 9.10. The molecule has 2 N–H and O–H groups in total. The minimum absolute atomic E-state index is 0.145. The Labute approximate surface area is 307 Å². The Morgan fingerprint density at radius 2 is 1.65 bits per heavy atom. The monoisotopic (exact) mass is 823 g/mol. The van der Waals surface area contributed by atoms with Crippen LogP contribution < -0.4 is 19.8 Å². The standard InChI is InChI=1S/C35H24BrF6N3O5S2/c36-15-8-9-22(50-13-23(46)43-21-7-2-1-6-20(21)35(40,41)42)17(11-15)24-25-18-12-19(28(25)51-30-29(24)52-33(49)44-30)27-26(18)31(47)45(32(27)48)16-5-3-4-14(10-16)34(37,38)39/h1-11,18-19,24-28H,12-13H2,(H,43,46)(H,44,49)/t18?,19?,24-,25?,26?,27?,28?/m1/s1. The van der Waals surface area contributed by atoms with Gasteiger partial charge in [-0.25, -0.2) is 0 Å². The van der Waals surface area contributed by atoms with Crippen molar-refractivity contribution in [2.24, 2.45) is 29.6 Å². The van der Waals surface area contributed by atoms with Crippen LogP contribution in [-0.4, -0.2) is 34.6 Å². The molecular weight excluding hydrogens is 800 g/mol. The Balaban J connectivity index is 1.12. The first-order valence-electron chi connectivity index (χ1n) is 15.9. The van der Waals surface area contributed by atoms with Gasteiger partial charge in [-0.1, -0.05) is 45.5 Å². The molecule has 17 heteroatoms. The van der Waals surface area contributed by atoms with Crippen LogP contribution in [0.2, 0.25) is 0 Å². The molecule has 3 amide bonds. The number of carbonyl (C=O) groups excluding carboxylic acids is 3. The Morgan fingerprint density at radius 1 is 0.923 bits per heavy atom. The van der Waals surface area contributed by atoms with Crippen molar-refractivity contribution < 1.29 is 45.5 Å². The van der Waals surface area contributed by atoms with Gasteiger partial charge in [0.15, 0.2) is 6.61 Å². The van der Waals surface area contributed by atoms with Gasteiger partial charge in [-0.2, -0.15) is 26.3 Å². The van der Waals surface area contributed by atoms with Crippen molar-refractivity contribution in [2.45, 2.75) is 35.0 Å².